The number of amides is 1. The van der Waals surface area contributed by atoms with Gasteiger partial charge in [-0.05, 0) is 32.7 Å². The second kappa shape index (κ2) is 8.77. The number of carbonyl (C=O) groups excluding carboxylic acids is 1. The van der Waals surface area contributed by atoms with Crippen LogP contribution in [0.3, 0.4) is 0 Å². The van der Waals surface area contributed by atoms with E-state index >= 15 is 0 Å². The SMILES string of the molecule is CNCC(=O)NC1CCN(C2CCCCC2)CC1.Cl. The molecule has 4 nitrogen and oxygen atoms in total. The average Bonchev–Trinajstić information content (AvgIpc) is 2.41. The normalized spacial score (nSPS) is 22.8. The van der Waals surface area contributed by atoms with E-state index < -0.39 is 0 Å². The third kappa shape index (κ3) is 5.28. The number of hydrogen-bond acceptors (Lipinski definition) is 3. The first kappa shape index (κ1) is 16.7. The summed E-state index contributed by atoms with van der Waals surface area (Å²) in [6.45, 7) is 2.76. The fourth-order valence-corrected chi connectivity index (χ4v) is 3.29. The van der Waals surface area contributed by atoms with Gasteiger partial charge in [-0.25, -0.2) is 0 Å². The number of nitrogens with zero attached hydrogens (tertiary/aromatic N) is 1. The second-order valence-corrected chi connectivity index (χ2v) is 5.70. The molecule has 2 fully saturated rings. The summed E-state index contributed by atoms with van der Waals surface area (Å²) in [7, 11) is 1.81. The minimum Gasteiger partial charge on any atom is -0.352 e. The summed E-state index contributed by atoms with van der Waals surface area (Å²) in [5.41, 5.74) is 0. The van der Waals surface area contributed by atoms with Crippen LogP contribution in [-0.2, 0) is 4.79 Å². The molecule has 5 heteroatoms. The summed E-state index contributed by atoms with van der Waals surface area (Å²) in [5, 5.41) is 6.01. The van der Waals surface area contributed by atoms with Gasteiger partial charge in [0.25, 0.3) is 0 Å². The van der Waals surface area contributed by atoms with Crippen LogP contribution in [0.1, 0.15) is 44.9 Å². The number of hydrogen-bond donors (Lipinski definition) is 2. The summed E-state index contributed by atoms with van der Waals surface area (Å²) >= 11 is 0. The zero-order chi connectivity index (χ0) is 12.8. The Morgan fingerprint density at radius 3 is 2.32 bits per heavy atom. The Morgan fingerprint density at radius 2 is 1.74 bits per heavy atom. The second-order valence-electron chi connectivity index (χ2n) is 5.70. The van der Waals surface area contributed by atoms with Gasteiger partial charge < -0.3 is 15.5 Å². The third-order valence-electron chi connectivity index (χ3n) is 4.32. The van der Waals surface area contributed by atoms with E-state index in [0.29, 0.717) is 12.6 Å². The monoisotopic (exact) mass is 289 g/mol. The summed E-state index contributed by atoms with van der Waals surface area (Å²) < 4.78 is 0. The molecule has 0 spiro atoms. The highest BCUT2D eigenvalue weighted by molar-refractivity contribution is 5.85. The van der Waals surface area contributed by atoms with Gasteiger partial charge in [-0.15, -0.1) is 12.4 Å². The van der Waals surface area contributed by atoms with Crippen LogP contribution in [-0.4, -0.2) is 49.6 Å². The molecule has 1 amide bonds. The van der Waals surface area contributed by atoms with Crippen LogP contribution in [0.5, 0.6) is 0 Å². The Kier molecular flexibility index (Phi) is 7.73. The zero-order valence-electron chi connectivity index (χ0n) is 12.0. The molecule has 0 aromatic heterocycles. The summed E-state index contributed by atoms with van der Waals surface area (Å²) in [5.74, 6) is 0.133. The summed E-state index contributed by atoms with van der Waals surface area (Å²) in [6, 6.07) is 1.22. The van der Waals surface area contributed by atoms with E-state index in [1.807, 2.05) is 7.05 Å². The molecule has 2 aliphatic rings. The van der Waals surface area contributed by atoms with E-state index in [0.717, 1.165) is 32.0 Å². The van der Waals surface area contributed by atoms with Crippen LogP contribution < -0.4 is 10.6 Å². The molecule has 2 rings (SSSR count). The molecule has 2 N–H and O–H groups in total. The quantitative estimate of drug-likeness (QED) is 0.825. The minimum absolute atomic E-state index is 0. The molecule has 0 aromatic rings. The Balaban J connectivity index is 0.00000180. The molecule has 19 heavy (non-hydrogen) atoms. The van der Waals surface area contributed by atoms with E-state index in [1.165, 1.54) is 32.1 Å². The molecule has 1 aliphatic carbocycles. The predicted octanol–water partition coefficient (Wildman–Crippen LogP) is 1.54. The van der Waals surface area contributed by atoms with Gasteiger partial charge in [0.2, 0.25) is 5.91 Å². The van der Waals surface area contributed by atoms with Gasteiger partial charge in [0.15, 0.2) is 0 Å². The van der Waals surface area contributed by atoms with Crippen LogP contribution in [0.15, 0.2) is 0 Å². The van der Waals surface area contributed by atoms with Gasteiger partial charge in [0, 0.05) is 25.2 Å². The van der Waals surface area contributed by atoms with Crippen molar-refractivity contribution in [2.75, 3.05) is 26.7 Å². The molecular weight excluding hydrogens is 262 g/mol. The van der Waals surface area contributed by atoms with Crippen molar-refractivity contribution in [2.45, 2.75) is 57.0 Å². The van der Waals surface area contributed by atoms with Crippen LogP contribution in [0.2, 0.25) is 0 Å². The fraction of sp³-hybridized carbons (Fsp3) is 0.929. The van der Waals surface area contributed by atoms with E-state index in [2.05, 4.69) is 15.5 Å². The van der Waals surface area contributed by atoms with Crippen molar-refractivity contribution in [3.05, 3.63) is 0 Å². The highest BCUT2D eigenvalue weighted by Gasteiger charge is 2.26. The molecule has 0 bridgehead atoms. The van der Waals surface area contributed by atoms with Gasteiger partial charge in [-0.3, -0.25) is 4.79 Å². The molecule has 0 atom stereocenters. The van der Waals surface area contributed by atoms with Crippen molar-refractivity contribution < 1.29 is 4.79 Å². The van der Waals surface area contributed by atoms with Crippen LogP contribution in [0, 0.1) is 0 Å². The largest absolute Gasteiger partial charge is 0.352 e. The number of rotatable bonds is 4. The third-order valence-corrected chi connectivity index (χ3v) is 4.32. The van der Waals surface area contributed by atoms with Crippen molar-refractivity contribution in [3.63, 3.8) is 0 Å². The lowest BCUT2D eigenvalue weighted by molar-refractivity contribution is -0.121. The van der Waals surface area contributed by atoms with Crippen LogP contribution >= 0.6 is 12.4 Å². The van der Waals surface area contributed by atoms with Gasteiger partial charge in [-0.2, -0.15) is 0 Å². The first-order valence-corrected chi connectivity index (χ1v) is 7.47. The van der Waals surface area contributed by atoms with Crippen molar-refractivity contribution >= 4 is 18.3 Å². The lowest BCUT2D eigenvalue weighted by Gasteiger charge is -2.39. The molecule has 1 saturated heterocycles. The highest BCUT2D eigenvalue weighted by atomic mass is 35.5. The predicted molar refractivity (Wildman–Crippen MR) is 80.8 cm³/mol. The Hall–Kier alpha value is -0.320. The first-order chi connectivity index (χ1) is 8.79. The Morgan fingerprint density at radius 1 is 1.11 bits per heavy atom. The van der Waals surface area contributed by atoms with E-state index in [9.17, 15) is 4.79 Å². The van der Waals surface area contributed by atoms with Gasteiger partial charge in [-0.1, -0.05) is 19.3 Å². The topological polar surface area (TPSA) is 44.4 Å². The van der Waals surface area contributed by atoms with Crippen molar-refractivity contribution in [3.8, 4) is 0 Å². The molecule has 1 aliphatic heterocycles. The molecule has 1 saturated carbocycles. The number of piperidine rings is 1. The maximum Gasteiger partial charge on any atom is 0.234 e. The van der Waals surface area contributed by atoms with Gasteiger partial charge in [0.05, 0.1) is 6.54 Å². The smallest absolute Gasteiger partial charge is 0.234 e. The zero-order valence-corrected chi connectivity index (χ0v) is 12.8. The molecule has 0 radical (unpaired) electrons. The van der Waals surface area contributed by atoms with E-state index in [4.69, 9.17) is 0 Å². The van der Waals surface area contributed by atoms with Crippen molar-refractivity contribution in [2.24, 2.45) is 0 Å². The van der Waals surface area contributed by atoms with Crippen LogP contribution in [0.25, 0.3) is 0 Å². The first-order valence-electron chi connectivity index (χ1n) is 7.47. The maximum absolute atomic E-state index is 11.5. The van der Waals surface area contributed by atoms with Crippen LogP contribution in [0.4, 0.5) is 0 Å². The number of carbonyl (C=O) groups is 1. The molecule has 112 valence electrons. The maximum atomic E-state index is 11.5. The lowest BCUT2D eigenvalue weighted by atomic mass is 9.92. The number of likely N-dealkylation sites (tertiary alicyclic amines) is 1. The standard InChI is InChI=1S/C14H27N3O.ClH/c1-15-11-14(18)16-12-7-9-17(10-8-12)13-5-3-2-4-6-13;/h12-13,15H,2-11H2,1H3,(H,16,18);1H. The van der Waals surface area contributed by atoms with Gasteiger partial charge in [0.1, 0.15) is 0 Å². The van der Waals surface area contributed by atoms with Crippen molar-refractivity contribution in [1.82, 2.24) is 15.5 Å². The Labute approximate surface area is 123 Å². The number of likely N-dealkylation sites (N-methyl/N-ethyl adjacent to an activating group) is 1. The lowest BCUT2D eigenvalue weighted by Crippen LogP contribution is -2.49. The number of halogens is 1. The highest BCUT2D eigenvalue weighted by Crippen LogP contribution is 2.25. The molecular formula is C14H28ClN3O. The summed E-state index contributed by atoms with van der Waals surface area (Å²) in [4.78, 5) is 14.2. The van der Waals surface area contributed by atoms with E-state index in [-0.39, 0.29) is 18.3 Å². The van der Waals surface area contributed by atoms with E-state index in [1.54, 1.807) is 0 Å². The van der Waals surface area contributed by atoms with Gasteiger partial charge >= 0.3 is 0 Å². The van der Waals surface area contributed by atoms with Crippen molar-refractivity contribution in [1.29, 1.82) is 0 Å². The Bertz CT molecular complexity index is 261. The molecule has 0 aromatic carbocycles. The molecule has 0 unspecified atom stereocenters. The number of nitrogens with one attached hydrogen (secondary N) is 2. The average molecular weight is 290 g/mol. The molecule has 1 heterocycles. The minimum atomic E-state index is 0. The fourth-order valence-electron chi connectivity index (χ4n) is 3.29. The summed E-state index contributed by atoms with van der Waals surface area (Å²) in [6.07, 6.45) is 9.24.